The molecule has 0 spiro atoms. The van der Waals surface area contributed by atoms with E-state index in [0.29, 0.717) is 83.3 Å². The summed E-state index contributed by atoms with van der Waals surface area (Å²) < 4.78 is 71.4. The molecule has 0 aromatic heterocycles. The van der Waals surface area contributed by atoms with Crippen LogP contribution in [-0.4, -0.2) is 123 Å². The Balaban J connectivity index is 1.11. The number of ether oxygens (including phenoxy) is 12. The molecule has 52 heavy (non-hydrogen) atoms. The third-order valence-corrected chi connectivity index (χ3v) is 8.27. The highest BCUT2D eigenvalue weighted by Gasteiger charge is 2.27. The third kappa shape index (κ3) is 14.8. The summed E-state index contributed by atoms with van der Waals surface area (Å²) in [6.45, 7) is 8.10. The van der Waals surface area contributed by atoms with Crippen molar-refractivity contribution in [3.63, 3.8) is 0 Å². The number of epoxide rings is 3. The van der Waals surface area contributed by atoms with Crippen molar-refractivity contribution in [3.05, 3.63) is 78.9 Å². The lowest BCUT2D eigenvalue weighted by atomic mass is 10.3. The highest BCUT2D eigenvalue weighted by molar-refractivity contribution is 5.45. The van der Waals surface area contributed by atoms with Crippen molar-refractivity contribution >= 4 is 0 Å². The van der Waals surface area contributed by atoms with E-state index in [4.69, 9.17) is 56.8 Å². The van der Waals surface area contributed by atoms with Gasteiger partial charge in [-0.2, -0.15) is 0 Å². The van der Waals surface area contributed by atoms with E-state index in [2.05, 4.69) is 6.92 Å². The largest absolute Gasteiger partial charge is 0.491 e. The van der Waals surface area contributed by atoms with Crippen molar-refractivity contribution < 1.29 is 56.8 Å². The van der Waals surface area contributed by atoms with Crippen molar-refractivity contribution in [2.24, 2.45) is 0 Å². The molecule has 12 heteroatoms. The van der Waals surface area contributed by atoms with E-state index < -0.39 is 0 Å². The minimum Gasteiger partial charge on any atom is -0.491 e. The molecule has 6 unspecified atom stereocenters. The Morgan fingerprint density at radius 2 is 0.962 bits per heavy atom. The normalized spacial score (nSPS) is 20.4. The van der Waals surface area contributed by atoms with Crippen LogP contribution in [0, 0.1) is 0 Å². The maximum atomic E-state index is 6.42. The predicted octanol–water partition coefficient (Wildman–Crippen LogP) is 5.15. The van der Waals surface area contributed by atoms with Crippen molar-refractivity contribution in [3.8, 4) is 28.7 Å². The third-order valence-electron chi connectivity index (χ3n) is 8.27. The number of rotatable bonds is 29. The van der Waals surface area contributed by atoms with Gasteiger partial charge in [0.2, 0.25) is 0 Å². The van der Waals surface area contributed by atoms with E-state index in [9.17, 15) is 0 Å². The SMILES string of the molecule is CCCCOCC(COc1ccc(OCC(COc2ccccc2)OCC2CO2)cc1OCC(COc1ccccc1)OCC1CO1)OCC1CO1. The Morgan fingerprint density at radius 1 is 0.519 bits per heavy atom. The minimum atomic E-state index is -0.374. The van der Waals surface area contributed by atoms with Crippen molar-refractivity contribution in [2.75, 3.05) is 85.9 Å². The summed E-state index contributed by atoms with van der Waals surface area (Å²) in [5.41, 5.74) is 0. The summed E-state index contributed by atoms with van der Waals surface area (Å²) >= 11 is 0. The van der Waals surface area contributed by atoms with Crippen LogP contribution < -0.4 is 23.7 Å². The van der Waals surface area contributed by atoms with Gasteiger partial charge in [0, 0.05) is 12.7 Å². The lowest BCUT2D eigenvalue weighted by Gasteiger charge is -2.23. The van der Waals surface area contributed by atoms with Gasteiger partial charge < -0.3 is 56.8 Å². The summed E-state index contributed by atoms with van der Waals surface area (Å²) in [6, 6.07) is 24.8. The Labute approximate surface area is 306 Å². The second-order valence-corrected chi connectivity index (χ2v) is 13.0. The number of hydrogen-bond acceptors (Lipinski definition) is 12. The van der Waals surface area contributed by atoms with Gasteiger partial charge in [-0.05, 0) is 42.8 Å². The number of unbranched alkanes of at least 4 members (excludes halogenated alkanes) is 1. The molecule has 6 rings (SSSR count). The van der Waals surface area contributed by atoms with Gasteiger partial charge in [0.15, 0.2) is 11.5 Å². The summed E-state index contributed by atoms with van der Waals surface area (Å²) in [5, 5.41) is 0. The molecule has 0 bridgehead atoms. The first-order chi connectivity index (χ1) is 25.7. The minimum absolute atomic E-state index is 0.0971. The first-order valence-electron chi connectivity index (χ1n) is 18.4. The monoisotopic (exact) mass is 724 g/mol. The molecule has 284 valence electrons. The lowest BCUT2D eigenvalue weighted by Crippen LogP contribution is -2.31. The Bertz CT molecular complexity index is 1400. The van der Waals surface area contributed by atoms with Crippen LogP contribution in [0.3, 0.4) is 0 Å². The molecule has 3 fully saturated rings. The zero-order valence-corrected chi connectivity index (χ0v) is 30.0. The Morgan fingerprint density at radius 3 is 1.44 bits per heavy atom. The summed E-state index contributed by atoms with van der Waals surface area (Å²) in [4.78, 5) is 0. The molecule has 3 aliphatic rings. The van der Waals surface area contributed by atoms with Crippen LogP contribution in [0.15, 0.2) is 78.9 Å². The predicted molar refractivity (Wildman–Crippen MR) is 191 cm³/mol. The fraction of sp³-hybridized carbons (Fsp3) is 0.550. The van der Waals surface area contributed by atoms with Crippen LogP contribution >= 0.6 is 0 Å². The summed E-state index contributed by atoms with van der Waals surface area (Å²) in [5.74, 6) is 3.14. The van der Waals surface area contributed by atoms with Gasteiger partial charge in [0.25, 0.3) is 0 Å². The second kappa shape index (κ2) is 21.2. The molecule has 3 aliphatic heterocycles. The topological polar surface area (TPSA) is 121 Å². The standard InChI is InChI=1S/C40H52O12/c1-2-3-16-41-18-33(45-22-35-23-47-35)28-51-39-15-14-32(44-21-34(46-24-36-25-48-36)19-42-30-10-6-4-7-11-30)17-40(39)52-29-38(50-27-37-26-49-37)20-43-31-12-8-5-9-13-31/h4-15,17,33-38H,2-3,16,18-29H2,1H3. The Kier molecular flexibility index (Phi) is 15.5. The van der Waals surface area contributed by atoms with Gasteiger partial charge in [-0.3, -0.25) is 0 Å². The molecule has 0 aliphatic carbocycles. The van der Waals surface area contributed by atoms with Crippen LogP contribution in [0.1, 0.15) is 19.8 Å². The average Bonchev–Trinajstić information content (AvgIpc) is 4.02. The van der Waals surface area contributed by atoms with Gasteiger partial charge in [0.05, 0.1) is 46.2 Å². The fourth-order valence-electron chi connectivity index (χ4n) is 4.89. The molecule has 12 nitrogen and oxygen atoms in total. The molecule has 3 aromatic carbocycles. The molecule has 0 saturated carbocycles. The number of benzene rings is 3. The molecule has 0 N–H and O–H groups in total. The van der Waals surface area contributed by atoms with E-state index in [1.807, 2.05) is 78.9 Å². The van der Waals surface area contributed by atoms with Gasteiger partial charge in [0.1, 0.15) is 86.9 Å². The average molecular weight is 725 g/mol. The molecule has 6 atom stereocenters. The van der Waals surface area contributed by atoms with E-state index in [1.165, 1.54) is 0 Å². The molecule has 0 radical (unpaired) electrons. The number of para-hydroxylation sites is 2. The van der Waals surface area contributed by atoms with Crippen LogP contribution in [0.2, 0.25) is 0 Å². The van der Waals surface area contributed by atoms with Crippen LogP contribution in [0.4, 0.5) is 0 Å². The maximum Gasteiger partial charge on any atom is 0.165 e. The smallest absolute Gasteiger partial charge is 0.165 e. The lowest BCUT2D eigenvalue weighted by molar-refractivity contribution is -0.0425. The second-order valence-electron chi connectivity index (χ2n) is 13.0. The zero-order chi connectivity index (χ0) is 35.6. The molecular weight excluding hydrogens is 672 g/mol. The van der Waals surface area contributed by atoms with Crippen LogP contribution in [0.5, 0.6) is 28.7 Å². The zero-order valence-electron chi connectivity index (χ0n) is 30.0. The van der Waals surface area contributed by atoms with Gasteiger partial charge in [-0.1, -0.05) is 49.7 Å². The van der Waals surface area contributed by atoms with E-state index >= 15 is 0 Å². The summed E-state index contributed by atoms with van der Waals surface area (Å²) in [7, 11) is 0. The van der Waals surface area contributed by atoms with Gasteiger partial charge in [-0.15, -0.1) is 0 Å². The van der Waals surface area contributed by atoms with E-state index in [-0.39, 0.29) is 56.4 Å². The van der Waals surface area contributed by atoms with Gasteiger partial charge >= 0.3 is 0 Å². The van der Waals surface area contributed by atoms with E-state index in [1.54, 1.807) is 0 Å². The van der Waals surface area contributed by atoms with E-state index in [0.717, 1.165) is 24.3 Å². The molecule has 3 heterocycles. The van der Waals surface area contributed by atoms with Crippen molar-refractivity contribution in [1.82, 2.24) is 0 Å². The fourth-order valence-corrected chi connectivity index (χ4v) is 4.89. The van der Waals surface area contributed by atoms with Crippen molar-refractivity contribution in [1.29, 1.82) is 0 Å². The maximum absolute atomic E-state index is 6.42. The highest BCUT2D eigenvalue weighted by atomic mass is 16.6. The molecular formula is C40H52O12. The first-order valence-corrected chi connectivity index (χ1v) is 18.4. The van der Waals surface area contributed by atoms with Gasteiger partial charge in [-0.25, -0.2) is 0 Å². The van der Waals surface area contributed by atoms with Crippen LogP contribution in [0.25, 0.3) is 0 Å². The number of hydrogen-bond donors (Lipinski definition) is 0. The van der Waals surface area contributed by atoms with Crippen LogP contribution in [-0.2, 0) is 33.2 Å². The van der Waals surface area contributed by atoms with Crippen molar-refractivity contribution in [2.45, 2.75) is 56.4 Å². The first kappa shape index (κ1) is 38.1. The molecule has 0 amide bonds. The summed E-state index contributed by atoms with van der Waals surface area (Å²) in [6.07, 6.45) is 1.41. The highest BCUT2D eigenvalue weighted by Crippen LogP contribution is 2.33. The Hall–Kier alpha value is -3.62. The molecule has 3 aromatic rings. The quantitative estimate of drug-likeness (QED) is 0.0696. The molecule has 3 saturated heterocycles.